The van der Waals surface area contributed by atoms with Gasteiger partial charge in [-0.05, 0) is 61.0 Å². The summed E-state index contributed by atoms with van der Waals surface area (Å²) in [5.41, 5.74) is 8.39. The van der Waals surface area contributed by atoms with Crippen LogP contribution in [0.15, 0.2) is 158 Å². The van der Waals surface area contributed by atoms with Gasteiger partial charge in [-0.2, -0.15) is 60.7 Å². The minimum Gasteiger partial charge on any atom is -0.300 e. The third-order valence-electron chi connectivity index (χ3n) is 8.90. The molecule has 4 heteroatoms. The second-order valence-corrected chi connectivity index (χ2v) is 11.7. The Labute approximate surface area is 290 Å². The monoisotopic (exact) mass is 783 g/mol. The maximum Gasteiger partial charge on any atom is 3.00 e. The van der Waals surface area contributed by atoms with Gasteiger partial charge in [-0.3, -0.25) is 15.0 Å². The Balaban J connectivity index is 0.00000386. The molecule has 0 aliphatic heterocycles. The summed E-state index contributed by atoms with van der Waals surface area (Å²) in [7, 11) is 0. The zero-order valence-electron chi connectivity index (χ0n) is 26.2. The Morgan fingerprint density at radius 1 is 0.489 bits per heavy atom. The summed E-state index contributed by atoms with van der Waals surface area (Å²) in [6.45, 7) is 4.38. The minimum atomic E-state index is -0.666. The van der Waals surface area contributed by atoms with Crippen LogP contribution in [0.1, 0.15) is 47.6 Å². The van der Waals surface area contributed by atoms with Crippen molar-refractivity contribution in [3.8, 4) is 22.4 Å². The Morgan fingerprint density at radius 3 is 1.66 bits per heavy atom. The maximum atomic E-state index is 5.41. The van der Waals surface area contributed by atoms with Crippen molar-refractivity contribution in [1.82, 2.24) is 15.0 Å². The quantitative estimate of drug-likeness (QED) is 0.144. The van der Waals surface area contributed by atoms with Gasteiger partial charge < -0.3 is 0 Å². The molecule has 4 aromatic carbocycles. The summed E-state index contributed by atoms with van der Waals surface area (Å²) in [5.74, 6) is 0. The molecule has 3 nitrogen and oxygen atoms in total. The van der Waals surface area contributed by atoms with E-state index in [9.17, 15) is 0 Å². The van der Waals surface area contributed by atoms with Crippen LogP contribution < -0.4 is 0 Å². The number of pyridine rings is 3. The van der Waals surface area contributed by atoms with Crippen molar-refractivity contribution in [2.45, 2.75) is 24.7 Å². The molecule has 7 aromatic rings. The minimum absolute atomic E-state index is 0. The number of aromatic nitrogens is 3. The van der Waals surface area contributed by atoms with Crippen LogP contribution in [0.3, 0.4) is 0 Å². The summed E-state index contributed by atoms with van der Waals surface area (Å²) < 4.78 is 0. The second kappa shape index (κ2) is 13.8. The standard InChI is InChI=1S/C43H32N3.Ir/c1-42(35-20-8-4-9-21-35,39-25-12-14-27-44-39)37-24-16-19-33(29-37)38-30-34(32-17-6-3-7-18-32)31-41(46-38)43(2,36-22-10-5-11-23-36)40-26-13-15-28-45-40;/h3-20,22,24-28,30-31H,1-2H3;/q-3;+3/t42?,43-;/m1./s1. The van der Waals surface area contributed by atoms with Crippen LogP contribution in [0.5, 0.6) is 0 Å². The number of nitrogens with zero attached hydrogens (tertiary/aromatic N) is 3. The van der Waals surface area contributed by atoms with Crippen molar-refractivity contribution in [3.05, 3.63) is 210 Å². The Morgan fingerprint density at radius 2 is 1.06 bits per heavy atom. The van der Waals surface area contributed by atoms with E-state index in [0.29, 0.717) is 0 Å². The Kier molecular flexibility index (Phi) is 9.36. The van der Waals surface area contributed by atoms with Crippen molar-refractivity contribution < 1.29 is 20.1 Å². The fraction of sp³-hybridized carbons (Fsp3) is 0.0930. The molecule has 0 spiro atoms. The first-order valence-corrected chi connectivity index (χ1v) is 15.5. The zero-order chi connectivity index (χ0) is 31.4. The SMILES string of the molecule is CC(c1[c-]cccc1)(c1[c-]c(-c2cc(-c3ccccc3)cc([C@](C)(c3[c-]cccc3)c3ccccn3)n2)ccc1)c1ccccn1.[Ir+3]. The van der Waals surface area contributed by atoms with E-state index in [0.717, 1.165) is 56.2 Å². The molecule has 0 N–H and O–H groups in total. The summed E-state index contributed by atoms with van der Waals surface area (Å²) in [4.78, 5) is 15.1. The molecule has 47 heavy (non-hydrogen) atoms. The Hall–Kier alpha value is -5.02. The summed E-state index contributed by atoms with van der Waals surface area (Å²) in [5, 5.41) is 0. The fourth-order valence-electron chi connectivity index (χ4n) is 6.19. The summed E-state index contributed by atoms with van der Waals surface area (Å²) in [6.07, 6.45) is 3.69. The molecular weight excluding hydrogens is 751 g/mol. The largest absolute Gasteiger partial charge is 3.00 e. The molecule has 7 rings (SSSR count). The number of benzene rings is 4. The van der Waals surface area contributed by atoms with Gasteiger partial charge in [0.25, 0.3) is 0 Å². The van der Waals surface area contributed by atoms with E-state index in [1.54, 1.807) is 0 Å². The third-order valence-corrected chi connectivity index (χ3v) is 8.90. The van der Waals surface area contributed by atoms with Gasteiger partial charge in [0.05, 0.1) is 16.8 Å². The van der Waals surface area contributed by atoms with Gasteiger partial charge in [-0.1, -0.05) is 48.5 Å². The van der Waals surface area contributed by atoms with Gasteiger partial charge in [-0.15, -0.1) is 46.5 Å². The van der Waals surface area contributed by atoms with E-state index >= 15 is 0 Å². The fourth-order valence-corrected chi connectivity index (χ4v) is 6.19. The molecule has 0 saturated carbocycles. The van der Waals surface area contributed by atoms with Gasteiger partial charge in [-0.25, -0.2) is 0 Å². The molecule has 1 unspecified atom stereocenters. The topological polar surface area (TPSA) is 38.7 Å². The average molecular weight is 783 g/mol. The predicted octanol–water partition coefficient (Wildman–Crippen LogP) is 9.31. The molecule has 3 heterocycles. The Bertz CT molecular complexity index is 1970. The first kappa shape index (κ1) is 31.9. The van der Waals surface area contributed by atoms with E-state index < -0.39 is 10.8 Å². The molecule has 0 aliphatic carbocycles. The first-order chi connectivity index (χ1) is 22.6. The number of hydrogen-bond donors (Lipinski definition) is 0. The molecule has 0 saturated heterocycles. The van der Waals surface area contributed by atoms with Crippen molar-refractivity contribution in [3.63, 3.8) is 0 Å². The van der Waals surface area contributed by atoms with Gasteiger partial charge in [0.15, 0.2) is 0 Å². The molecule has 0 amide bonds. The number of hydrogen-bond acceptors (Lipinski definition) is 3. The van der Waals surface area contributed by atoms with Gasteiger partial charge >= 0.3 is 20.1 Å². The van der Waals surface area contributed by atoms with Crippen molar-refractivity contribution in [2.75, 3.05) is 0 Å². The maximum absolute atomic E-state index is 5.41. The number of rotatable bonds is 8. The molecule has 0 bridgehead atoms. The first-order valence-electron chi connectivity index (χ1n) is 15.5. The van der Waals surface area contributed by atoms with Gasteiger partial charge in [0, 0.05) is 23.5 Å². The predicted molar refractivity (Wildman–Crippen MR) is 184 cm³/mol. The van der Waals surface area contributed by atoms with E-state index in [-0.39, 0.29) is 20.1 Å². The van der Waals surface area contributed by atoms with E-state index in [1.807, 2.05) is 79.1 Å². The molecule has 0 radical (unpaired) electrons. The van der Waals surface area contributed by atoms with Crippen LogP contribution in [0.25, 0.3) is 22.4 Å². The van der Waals surface area contributed by atoms with Crippen molar-refractivity contribution in [1.29, 1.82) is 0 Å². The zero-order valence-corrected chi connectivity index (χ0v) is 28.6. The van der Waals surface area contributed by atoms with Crippen LogP contribution in [0.2, 0.25) is 0 Å². The molecule has 3 aromatic heterocycles. The van der Waals surface area contributed by atoms with Crippen LogP contribution in [-0.4, -0.2) is 15.0 Å². The van der Waals surface area contributed by atoms with Crippen LogP contribution in [-0.2, 0) is 30.9 Å². The second-order valence-electron chi connectivity index (χ2n) is 11.7. The third kappa shape index (κ3) is 6.11. The van der Waals surface area contributed by atoms with Gasteiger partial charge in [0.1, 0.15) is 0 Å². The molecular formula is C43H32IrN3. The van der Waals surface area contributed by atoms with Crippen LogP contribution in [0, 0.1) is 18.2 Å². The van der Waals surface area contributed by atoms with E-state index in [1.165, 1.54) is 0 Å². The molecule has 0 aliphatic rings. The normalized spacial score (nSPS) is 13.5. The molecule has 2 atom stereocenters. The molecule has 0 fully saturated rings. The summed E-state index contributed by atoms with van der Waals surface area (Å²) >= 11 is 0. The van der Waals surface area contributed by atoms with E-state index in [4.69, 9.17) is 15.0 Å². The van der Waals surface area contributed by atoms with Crippen molar-refractivity contribution >= 4 is 0 Å². The van der Waals surface area contributed by atoms with E-state index in [2.05, 4.69) is 111 Å². The van der Waals surface area contributed by atoms with Crippen LogP contribution in [0.4, 0.5) is 0 Å². The smallest absolute Gasteiger partial charge is 0.300 e. The van der Waals surface area contributed by atoms with Crippen LogP contribution >= 0.6 is 0 Å². The summed E-state index contributed by atoms with van der Waals surface area (Å²) in [6, 6.07) is 60.2. The molecule has 228 valence electrons. The average Bonchev–Trinajstić information content (AvgIpc) is 3.16. The van der Waals surface area contributed by atoms with Crippen molar-refractivity contribution in [2.24, 2.45) is 0 Å². The van der Waals surface area contributed by atoms with Gasteiger partial charge in [0.2, 0.25) is 0 Å².